The summed E-state index contributed by atoms with van der Waals surface area (Å²) in [5.41, 5.74) is 5.00. The number of nitrogens with two attached hydrogens (primary N) is 1. The number of carboxylic acid groups (broad SMARTS) is 1. The highest BCUT2D eigenvalue weighted by molar-refractivity contribution is 6.40. The zero-order valence-corrected chi connectivity index (χ0v) is 15.1. The minimum Gasteiger partial charge on any atom is -0.480 e. The molecule has 0 aromatic carbocycles. The Bertz CT molecular complexity index is 350. The van der Waals surface area contributed by atoms with Crippen LogP contribution >= 0.6 is 24.8 Å². The summed E-state index contributed by atoms with van der Waals surface area (Å²) >= 11 is 0. The summed E-state index contributed by atoms with van der Waals surface area (Å²) in [6.07, 6.45) is 2.93. The molecule has 9 heteroatoms. The Balaban J connectivity index is 0. The van der Waals surface area contributed by atoms with Gasteiger partial charge in [-0.25, -0.2) is 0 Å². The third kappa shape index (κ3) is 5.87. The van der Waals surface area contributed by atoms with E-state index in [0.29, 0.717) is 12.8 Å². The van der Waals surface area contributed by atoms with E-state index in [4.69, 9.17) is 15.8 Å². The molecule has 0 amide bonds. The van der Waals surface area contributed by atoms with E-state index < -0.39 is 18.6 Å². The average molecular weight is 359 g/mol. The maximum Gasteiger partial charge on any atom is 0.451 e. The molecular formula is C13H29BCl2N2O4. The Labute approximate surface area is 145 Å². The van der Waals surface area contributed by atoms with E-state index in [0.717, 1.165) is 12.8 Å². The Morgan fingerprint density at radius 3 is 2.32 bits per heavy atom. The van der Waals surface area contributed by atoms with Crippen LogP contribution in [0.25, 0.3) is 0 Å². The van der Waals surface area contributed by atoms with Gasteiger partial charge in [0.2, 0.25) is 0 Å². The molecule has 1 aliphatic carbocycles. The number of rotatable bonds is 6. The molecule has 6 nitrogen and oxygen atoms in total. The van der Waals surface area contributed by atoms with E-state index >= 15 is 0 Å². The van der Waals surface area contributed by atoms with Crippen molar-refractivity contribution in [2.75, 3.05) is 14.1 Å². The van der Waals surface area contributed by atoms with Gasteiger partial charge in [0.15, 0.2) is 0 Å². The highest BCUT2D eigenvalue weighted by Crippen LogP contribution is 2.40. The zero-order valence-electron chi connectivity index (χ0n) is 13.4. The van der Waals surface area contributed by atoms with E-state index in [1.165, 1.54) is 0 Å². The van der Waals surface area contributed by atoms with Crippen LogP contribution < -0.4 is 5.73 Å². The predicted molar refractivity (Wildman–Crippen MR) is 92.6 cm³/mol. The van der Waals surface area contributed by atoms with Crippen LogP contribution in [-0.4, -0.2) is 58.8 Å². The van der Waals surface area contributed by atoms with Crippen molar-refractivity contribution in [3.8, 4) is 0 Å². The van der Waals surface area contributed by atoms with Crippen LogP contribution in [0.15, 0.2) is 0 Å². The van der Waals surface area contributed by atoms with Crippen molar-refractivity contribution in [2.45, 2.75) is 50.5 Å². The molecule has 0 spiro atoms. The maximum atomic E-state index is 11.7. The number of halogens is 2. The molecule has 1 unspecified atom stereocenters. The van der Waals surface area contributed by atoms with E-state index in [1.54, 1.807) is 0 Å². The Hall–Kier alpha value is -0.0451. The topological polar surface area (TPSA) is 107 Å². The minimum atomic E-state index is -1.33. The van der Waals surface area contributed by atoms with Gasteiger partial charge < -0.3 is 25.8 Å². The second kappa shape index (κ2) is 9.95. The molecule has 4 atom stereocenters. The first-order valence-electron chi connectivity index (χ1n) is 7.23. The summed E-state index contributed by atoms with van der Waals surface area (Å²) in [7, 11) is 2.54. The van der Waals surface area contributed by atoms with Crippen molar-refractivity contribution in [1.29, 1.82) is 0 Å². The standard InChI is InChI=1S/C13H27BN2O4.2ClH/c1-9(16(2)3)11-5-4-10(6-7-14(19)20)8-13(11,15)12(17)18;;/h9-11,19-20H,4-8,15H2,1-3H3,(H,17,18);2*1H/t9?,10-,11-,13+;;/m0../s1. The monoisotopic (exact) mass is 358 g/mol. The molecule has 1 aliphatic rings. The number of hydrogen-bond donors (Lipinski definition) is 4. The Morgan fingerprint density at radius 2 is 1.91 bits per heavy atom. The van der Waals surface area contributed by atoms with Crippen molar-refractivity contribution in [1.82, 2.24) is 4.90 Å². The van der Waals surface area contributed by atoms with E-state index in [9.17, 15) is 9.90 Å². The van der Waals surface area contributed by atoms with Gasteiger partial charge in [-0.3, -0.25) is 4.79 Å². The van der Waals surface area contributed by atoms with Crippen molar-refractivity contribution < 1.29 is 19.9 Å². The molecule has 0 heterocycles. The molecule has 132 valence electrons. The fraction of sp³-hybridized carbons (Fsp3) is 0.923. The molecule has 0 aliphatic heterocycles. The fourth-order valence-electron chi connectivity index (χ4n) is 3.31. The second-order valence-electron chi connectivity index (χ2n) is 6.36. The second-order valence-corrected chi connectivity index (χ2v) is 6.36. The lowest BCUT2D eigenvalue weighted by atomic mass is 9.64. The van der Waals surface area contributed by atoms with Gasteiger partial charge in [-0.1, -0.05) is 6.42 Å². The normalized spacial score (nSPS) is 29.2. The number of aliphatic carboxylic acids is 1. The van der Waals surface area contributed by atoms with Crippen LogP contribution in [0, 0.1) is 11.8 Å². The van der Waals surface area contributed by atoms with Gasteiger partial charge in [0.25, 0.3) is 0 Å². The van der Waals surface area contributed by atoms with Crippen molar-refractivity contribution in [3.05, 3.63) is 0 Å². The summed E-state index contributed by atoms with van der Waals surface area (Å²) < 4.78 is 0. The van der Waals surface area contributed by atoms with Crippen LogP contribution in [0.2, 0.25) is 6.32 Å². The van der Waals surface area contributed by atoms with Gasteiger partial charge in [0.05, 0.1) is 0 Å². The molecular weight excluding hydrogens is 330 g/mol. The van der Waals surface area contributed by atoms with Gasteiger partial charge in [0, 0.05) is 12.0 Å². The van der Waals surface area contributed by atoms with Crippen LogP contribution in [0.4, 0.5) is 0 Å². The lowest BCUT2D eigenvalue weighted by Crippen LogP contribution is -2.62. The van der Waals surface area contributed by atoms with Crippen LogP contribution in [0.1, 0.15) is 32.6 Å². The molecule has 22 heavy (non-hydrogen) atoms. The number of hydrogen-bond acceptors (Lipinski definition) is 5. The molecule has 0 radical (unpaired) electrons. The Morgan fingerprint density at radius 1 is 1.36 bits per heavy atom. The van der Waals surface area contributed by atoms with Crippen molar-refractivity contribution >= 4 is 37.9 Å². The largest absolute Gasteiger partial charge is 0.480 e. The third-order valence-corrected chi connectivity index (χ3v) is 4.80. The van der Waals surface area contributed by atoms with Crippen LogP contribution in [0.5, 0.6) is 0 Å². The first-order valence-corrected chi connectivity index (χ1v) is 7.23. The zero-order chi connectivity index (χ0) is 15.5. The highest BCUT2D eigenvalue weighted by Gasteiger charge is 2.49. The number of carbonyl (C=O) groups is 1. The number of nitrogens with zero attached hydrogens (tertiary/aromatic N) is 1. The molecule has 0 aromatic heterocycles. The van der Waals surface area contributed by atoms with Crippen LogP contribution in [-0.2, 0) is 4.79 Å². The molecule has 0 aromatic rings. The summed E-state index contributed by atoms with van der Waals surface area (Å²) in [4.78, 5) is 13.7. The van der Waals surface area contributed by atoms with E-state index in [-0.39, 0.29) is 49.0 Å². The third-order valence-electron chi connectivity index (χ3n) is 4.80. The molecule has 5 N–H and O–H groups in total. The average Bonchev–Trinajstić information content (AvgIpc) is 2.35. The van der Waals surface area contributed by atoms with Crippen molar-refractivity contribution in [2.24, 2.45) is 17.6 Å². The lowest BCUT2D eigenvalue weighted by molar-refractivity contribution is -0.149. The molecule has 1 saturated carbocycles. The minimum absolute atomic E-state index is 0. The highest BCUT2D eigenvalue weighted by atomic mass is 35.5. The SMILES string of the molecule is CC([C@@H]1CC[C@@H](CCB(O)O)C[C@]1(N)C(=O)O)N(C)C.Cl.Cl. The molecule has 1 fully saturated rings. The molecule has 1 rings (SSSR count). The first-order chi connectivity index (χ1) is 9.18. The summed E-state index contributed by atoms with van der Waals surface area (Å²) in [5.74, 6) is -0.903. The summed E-state index contributed by atoms with van der Waals surface area (Å²) in [6, 6.07) is 0.0977. The van der Waals surface area contributed by atoms with E-state index in [1.807, 2.05) is 25.9 Å². The fourth-order valence-corrected chi connectivity index (χ4v) is 3.31. The van der Waals surface area contributed by atoms with E-state index in [2.05, 4.69) is 0 Å². The van der Waals surface area contributed by atoms with Gasteiger partial charge in [-0.05, 0) is 52.5 Å². The predicted octanol–water partition coefficient (Wildman–Crippen LogP) is 0.841. The lowest BCUT2D eigenvalue weighted by Gasteiger charge is -2.45. The summed E-state index contributed by atoms with van der Waals surface area (Å²) in [5, 5.41) is 27.4. The quantitative estimate of drug-likeness (QED) is 0.524. The smallest absolute Gasteiger partial charge is 0.451 e. The maximum absolute atomic E-state index is 11.7. The first kappa shape index (κ1) is 24.2. The van der Waals surface area contributed by atoms with Crippen molar-refractivity contribution in [3.63, 3.8) is 0 Å². The van der Waals surface area contributed by atoms with Gasteiger partial charge in [0.1, 0.15) is 5.54 Å². The van der Waals surface area contributed by atoms with Crippen LogP contribution in [0.3, 0.4) is 0 Å². The van der Waals surface area contributed by atoms with Gasteiger partial charge in [-0.15, -0.1) is 24.8 Å². The molecule has 0 bridgehead atoms. The number of carboxylic acids is 1. The Kier molecular flexibility index (Phi) is 11.0. The van der Waals surface area contributed by atoms with Gasteiger partial charge in [-0.2, -0.15) is 0 Å². The summed E-state index contributed by atoms with van der Waals surface area (Å²) in [6.45, 7) is 2.01. The molecule has 0 saturated heterocycles. The van der Waals surface area contributed by atoms with Gasteiger partial charge >= 0.3 is 13.1 Å².